The van der Waals surface area contributed by atoms with Gasteiger partial charge in [0.15, 0.2) is 0 Å². The first-order valence-electron chi connectivity index (χ1n) is 7.11. The van der Waals surface area contributed by atoms with Crippen molar-refractivity contribution in [1.82, 2.24) is 4.90 Å². The number of carbonyl (C=O) groups is 1. The third-order valence-corrected chi connectivity index (χ3v) is 5.00. The predicted octanol–water partition coefficient (Wildman–Crippen LogP) is 3.26. The minimum Gasteiger partial charge on any atom is -0.481 e. The van der Waals surface area contributed by atoms with Crippen LogP contribution >= 0.6 is 11.8 Å². The molecule has 1 fully saturated rings. The van der Waals surface area contributed by atoms with E-state index in [0.717, 1.165) is 18.1 Å². The normalized spacial score (nSPS) is 21.6. The Balaban J connectivity index is 2.20. The van der Waals surface area contributed by atoms with Crippen LogP contribution in [0.4, 0.5) is 0 Å². The minimum atomic E-state index is -0.699. The van der Waals surface area contributed by atoms with E-state index in [1.54, 1.807) is 0 Å². The van der Waals surface area contributed by atoms with Crippen molar-refractivity contribution in [3.8, 4) is 0 Å². The van der Waals surface area contributed by atoms with Crippen LogP contribution in [-0.2, 0) is 4.79 Å². The number of carboxylic acid groups (broad SMARTS) is 1. The molecule has 0 spiro atoms. The van der Waals surface area contributed by atoms with Crippen LogP contribution in [0.5, 0.6) is 0 Å². The van der Waals surface area contributed by atoms with Gasteiger partial charge in [0.05, 0.1) is 6.42 Å². The van der Waals surface area contributed by atoms with E-state index in [1.165, 1.54) is 16.7 Å². The van der Waals surface area contributed by atoms with Gasteiger partial charge < -0.3 is 5.11 Å². The number of carboxylic acids is 1. The van der Waals surface area contributed by atoms with Crippen molar-refractivity contribution in [2.75, 3.05) is 18.1 Å². The molecule has 2 rings (SSSR count). The number of hydrogen-bond acceptors (Lipinski definition) is 3. The standard InChI is InChI=1S/C16H23NO2S/c1-11-6-12(2)8-14(7-11)13(3)17-4-5-20-10-15(17)9-16(18)19/h6-8,13,15H,4-5,9-10H2,1-3H3,(H,18,19). The number of benzene rings is 1. The van der Waals surface area contributed by atoms with Gasteiger partial charge in [-0.25, -0.2) is 0 Å². The Labute approximate surface area is 125 Å². The molecule has 4 heteroatoms. The van der Waals surface area contributed by atoms with Crippen LogP contribution in [0, 0.1) is 13.8 Å². The molecule has 2 unspecified atom stereocenters. The Kier molecular flexibility index (Phi) is 5.11. The number of aryl methyl sites for hydroxylation is 2. The molecule has 3 nitrogen and oxygen atoms in total. The molecule has 2 atom stereocenters. The van der Waals surface area contributed by atoms with Crippen molar-refractivity contribution in [3.63, 3.8) is 0 Å². The Bertz CT molecular complexity index is 469. The van der Waals surface area contributed by atoms with Gasteiger partial charge in [0.2, 0.25) is 0 Å². The van der Waals surface area contributed by atoms with Gasteiger partial charge in [0.1, 0.15) is 0 Å². The lowest BCUT2D eigenvalue weighted by Crippen LogP contribution is -2.44. The molecule has 0 saturated carbocycles. The summed E-state index contributed by atoms with van der Waals surface area (Å²) < 4.78 is 0. The molecule has 1 aromatic carbocycles. The number of aliphatic carboxylic acids is 1. The zero-order valence-electron chi connectivity index (χ0n) is 12.4. The van der Waals surface area contributed by atoms with E-state index in [4.69, 9.17) is 5.11 Å². The van der Waals surface area contributed by atoms with Crippen LogP contribution in [-0.4, -0.2) is 40.1 Å². The van der Waals surface area contributed by atoms with Crippen molar-refractivity contribution in [3.05, 3.63) is 34.9 Å². The second-order valence-electron chi connectivity index (χ2n) is 5.66. The van der Waals surface area contributed by atoms with Crippen LogP contribution in [0.2, 0.25) is 0 Å². The lowest BCUT2D eigenvalue weighted by atomic mass is 9.99. The van der Waals surface area contributed by atoms with E-state index >= 15 is 0 Å². The van der Waals surface area contributed by atoms with Gasteiger partial charge in [-0.2, -0.15) is 11.8 Å². The molecule has 0 aromatic heterocycles. The molecule has 0 amide bonds. The maximum Gasteiger partial charge on any atom is 0.304 e. The van der Waals surface area contributed by atoms with Gasteiger partial charge in [-0.15, -0.1) is 0 Å². The molecular formula is C16H23NO2S. The fourth-order valence-electron chi connectivity index (χ4n) is 3.00. The average Bonchev–Trinajstić information content (AvgIpc) is 2.36. The zero-order chi connectivity index (χ0) is 14.7. The van der Waals surface area contributed by atoms with Crippen molar-refractivity contribution in [1.29, 1.82) is 0 Å². The van der Waals surface area contributed by atoms with Crippen LogP contribution in [0.15, 0.2) is 18.2 Å². The van der Waals surface area contributed by atoms with Crippen molar-refractivity contribution in [2.45, 2.75) is 39.3 Å². The molecule has 0 bridgehead atoms. The first kappa shape index (κ1) is 15.4. The number of thioether (sulfide) groups is 1. The fourth-order valence-corrected chi connectivity index (χ4v) is 4.09. The number of nitrogens with zero attached hydrogens (tertiary/aromatic N) is 1. The summed E-state index contributed by atoms with van der Waals surface area (Å²) >= 11 is 1.86. The fraction of sp³-hybridized carbons (Fsp3) is 0.562. The molecule has 1 aliphatic rings. The van der Waals surface area contributed by atoms with Crippen molar-refractivity contribution < 1.29 is 9.90 Å². The maximum absolute atomic E-state index is 11.0. The summed E-state index contributed by atoms with van der Waals surface area (Å²) in [6.07, 6.45) is 0.238. The summed E-state index contributed by atoms with van der Waals surface area (Å²) in [5, 5.41) is 9.09. The van der Waals surface area contributed by atoms with Gasteiger partial charge in [-0.05, 0) is 26.3 Å². The summed E-state index contributed by atoms with van der Waals surface area (Å²) in [7, 11) is 0. The predicted molar refractivity (Wildman–Crippen MR) is 84.4 cm³/mol. The molecule has 1 N–H and O–H groups in total. The molecule has 1 aromatic rings. The van der Waals surface area contributed by atoms with Crippen LogP contribution < -0.4 is 0 Å². The average molecular weight is 293 g/mol. The Morgan fingerprint density at radius 3 is 2.65 bits per heavy atom. The van der Waals surface area contributed by atoms with E-state index in [0.29, 0.717) is 0 Å². The SMILES string of the molecule is Cc1cc(C)cc(C(C)N2CCSCC2CC(=O)O)c1. The minimum absolute atomic E-state index is 0.141. The summed E-state index contributed by atoms with van der Waals surface area (Å²) in [6, 6.07) is 7.03. The third kappa shape index (κ3) is 3.76. The quantitative estimate of drug-likeness (QED) is 0.925. The molecule has 0 radical (unpaired) electrons. The molecule has 1 saturated heterocycles. The summed E-state index contributed by atoms with van der Waals surface area (Å²) in [4.78, 5) is 13.4. The smallest absolute Gasteiger partial charge is 0.304 e. The van der Waals surface area contributed by atoms with Crippen LogP contribution in [0.25, 0.3) is 0 Å². The highest BCUT2D eigenvalue weighted by Crippen LogP contribution is 2.30. The van der Waals surface area contributed by atoms with Gasteiger partial charge >= 0.3 is 5.97 Å². The lowest BCUT2D eigenvalue weighted by Gasteiger charge is -2.39. The second-order valence-corrected chi connectivity index (χ2v) is 6.81. The highest BCUT2D eigenvalue weighted by Gasteiger charge is 2.29. The molecule has 110 valence electrons. The van der Waals surface area contributed by atoms with Gasteiger partial charge in [0.25, 0.3) is 0 Å². The van der Waals surface area contributed by atoms with E-state index in [9.17, 15) is 4.79 Å². The Morgan fingerprint density at radius 1 is 1.40 bits per heavy atom. The maximum atomic E-state index is 11.0. The highest BCUT2D eigenvalue weighted by molar-refractivity contribution is 7.99. The summed E-state index contributed by atoms with van der Waals surface area (Å²) in [5.41, 5.74) is 3.84. The van der Waals surface area contributed by atoms with E-state index in [1.807, 2.05) is 11.8 Å². The van der Waals surface area contributed by atoms with Crippen molar-refractivity contribution in [2.24, 2.45) is 0 Å². The first-order chi connectivity index (χ1) is 9.47. The third-order valence-electron chi connectivity index (χ3n) is 3.91. The highest BCUT2D eigenvalue weighted by atomic mass is 32.2. The van der Waals surface area contributed by atoms with Gasteiger partial charge in [0, 0.05) is 30.1 Å². The lowest BCUT2D eigenvalue weighted by molar-refractivity contribution is -0.138. The number of rotatable bonds is 4. The first-order valence-corrected chi connectivity index (χ1v) is 8.26. The van der Waals surface area contributed by atoms with E-state index in [2.05, 4.69) is 43.9 Å². The molecule has 0 aliphatic carbocycles. The van der Waals surface area contributed by atoms with Gasteiger partial charge in [-0.3, -0.25) is 9.69 Å². The monoisotopic (exact) mass is 293 g/mol. The Morgan fingerprint density at radius 2 is 2.05 bits per heavy atom. The molecule has 1 aliphatic heterocycles. The van der Waals surface area contributed by atoms with Crippen molar-refractivity contribution >= 4 is 17.7 Å². The number of hydrogen-bond donors (Lipinski definition) is 1. The topological polar surface area (TPSA) is 40.5 Å². The molecular weight excluding hydrogens is 270 g/mol. The van der Waals surface area contributed by atoms with Crippen LogP contribution in [0.3, 0.4) is 0 Å². The van der Waals surface area contributed by atoms with E-state index in [-0.39, 0.29) is 18.5 Å². The second kappa shape index (κ2) is 6.64. The molecule has 1 heterocycles. The molecule has 20 heavy (non-hydrogen) atoms. The summed E-state index contributed by atoms with van der Waals surface area (Å²) in [5.74, 6) is 1.31. The largest absolute Gasteiger partial charge is 0.481 e. The van der Waals surface area contributed by atoms with Gasteiger partial charge in [-0.1, -0.05) is 29.3 Å². The summed E-state index contributed by atoms with van der Waals surface area (Å²) in [6.45, 7) is 7.39. The van der Waals surface area contributed by atoms with Crippen LogP contribution in [0.1, 0.15) is 36.1 Å². The Hall–Kier alpha value is -1.00. The zero-order valence-corrected chi connectivity index (χ0v) is 13.2. The van der Waals surface area contributed by atoms with E-state index < -0.39 is 5.97 Å².